The number of para-hydroxylation sites is 1. The van der Waals surface area contributed by atoms with Crippen LogP contribution in [0.1, 0.15) is 6.92 Å². The lowest BCUT2D eigenvalue weighted by Gasteiger charge is -2.10. The predicted molar refractivity (Wildman–Crippen MR) is 108 cm³/mol. The van der Waals surface area contributed by atoms with E-state index in [0.29, 0.717) is 9.47 Å². The summed E-state index contributed by atoms with van der Waals surface area (Å²) < 4.78 is 15.2. The van der Waals surface area contributed by atoms with Gasteiger partial charge in [0.2, 0.25) is 11.0 Å². The molecule has 2 aromatic carbocycles. The van der Waals surface area contributed by atoms with Gasteiger partial charge in [-0.15, -0.1) is 10.2 Å². The van der Waals surface area contributed by atoms with Gasteiger partial charge in [-0.05, 0) is 37.3 Å². The summed E-state index contributed by atoms with van der Waals surface area (Å²) in [5.41, 5.74) is 1.05. The number of anilines is 3. The molecule has 0 radical (unpaired) electrons. The average Bonchev–Trinajstić information content (AvgIpc) is 3.03. The number of halogens is 2. The molecular weight excluding hydrogens is 439 g/mol. The fourth-order valence-electron chi connectivity index (χ4n) is 2.00. The summed E-state index contributed by atoms with van der Waals surface area (Å²) in [5, 5.41) is 14.1. The SMILES string of the molecule is CC(Sc1nnc(Nc2cccc(Br)c2)s1)C(=O)Nc1ccccc1F. The Hall–Kier alpha value is -1.97. The van der Waals surface area contributed by atoms with Crippen molar-refractivity contribution < 1.29 is 9.18 Å². The first-order valence-electron chi connectivity index (χ1n) is 7.59. The molecule has 0 saturated heterocycles. The molecular formula is C17H14BrFN4OS2. The Kier molecular flexibility index (Phi) is 6.23. The van der Waals surface area contributed by atoms with Crippen LogP contribution in [0.3, 0.4) is 0 Å². The van der Waals surface area contributed by atoms with E-state index in [0.717, 1.165) is 10.2 Å². The molecule has 5 nitrogen and oxygen atoms in total. The minimum atomic E-state index is -0.463. The zero-order valence-electron chi connectivity index (χ0n) is 13.6. The highest BCUT2D eigenvalue weighted by molar-refractivity contribution is 9.10. The molecule has 26 heavy (non-hydrogen) atoms. The van der Waals surface area contributed by atoms with Crippen molar-refractivity contribution >= 4 is 61.4 Å². The molecule has 134 valence electrons. The number of benzene rings is 2. The molecule has 1 atom stereocenters. The third-order valence-corrected chi connectivity index (χ3v) is 5.78. The van der Waals surface area contributed by atoms with Gasteiger partial charge in [0.15, 0.2) is 4.34 Å². The van der Waals surface area contributed by atoms with Crippen molar-refractivity contribution in [1.82, 2.24) is 10.2 Å². The molecule has 0 fully saturated rings. The van der Waals surface area contributed by atoms with E-state index in [1.807, 2.05) is 24.3 Å². The maximum absolute atomic E-state index is 13.6. The van der Waals surface area contributed by atoms with E-state index in [-0.39, 0.29) is 11.6 Å². The van der Waals surface area contributed by atoms with Gasteiger partial charge in [-0.3, -0.25) is 4.79 Å². The molecule has 0 spiro atoms. The van der Waals surface area contributed by atoms with Gasteiger partial charge in [0, 0.05) is 10.2 Å². The fraction of sp³-hybridized carbons (Fsp3) is 0.118. The van der Waals surface area contributed by atoms with Crippen LogP contribution in [0.2, 0.25) is 0 Å². The topological polar surface area (TPSA) is 66.9 Å². The zero-order valence-corrected chi connectivity index (χ0v) is 16.8. The van der Waals surface area contributed by atoms with Crippen LogP contribution in [0.15, 0.2) is 57.3 Å². The minimum absolute atomic E-state index is 0.166. The summed E-state index contributed by atoms with van der Waals surface area (Å²) in [7, 11) is 0. The smallest absolute Gasteiger partial charge is 0.237 e. The van der Waals surface area contributed by atoms with Gasteiger partial charge in [0.25, 0.3) is 0 Å². The highest BCUT2D eigenvalue weighted by Gasteiger charge is 2.18. The lowest BCUT2D eigenvalue weighted by atomic mass is 10.3. The number of carbonyl (C=O) groups excluding carboxylic acids is 1. The second kappa shape index (κ2) is 8.61. The standard InChI is InChI=1S/C17H14BrFN4OS2/c1-10(15(24)21-14-8-3-2-7-13(14)19)25-17-23-22-16(26-17)20-12-6-4-5-11(18)9-12/h2-10H,1H3,(H,20,22)(H,21,24). The van der Waals surface area contributed by atoms with E-state index in [4.69, 9.17) is 0 Å². The first kappa shape index (κ1) is 18.8. The van der Waals surface area contributed by atoms with Gasteiger partial charge >= 0.3 is 0 Å². The lowest BCUT2D eigenvalue weighted by molar-refractivity contribution is -0.115. The highest BCUT2D eigenvalue weighted by atomic mass is 79.9. The van der Waals surface area contributed by atoms with Crippen molar-refractivity contribution in [3.05, 3.63) is 58.8 Å². The monoisotopic (exact) mass is 452 g/mol. The van der Waals surface area contributed by atoms with Crippen LogP contribution < -0.4 is 10.6 Å². The van der Waals surface area contributed by atoms with Crippen LogP contribution in [0.4, 0.5) is 20.9 Å². The molecule has 0 aliphatic rings. The number of hydrogen-bond donors (Lipinski definition) is 2. The minimum Gasteiger partial charge on any atom is -0.330 e. The molecule has 1 amide bonds. The molecule has 0 aliphatic heterocycles. The summed E-state index contributed by atoms with van der Waals surface area (Å²) in [4.78, 5) is 12.2. The molecule has 3 aromatic rings. The average molecular weight is 453 g/mol. The van der Waals surface area contributed by atoms with Crippen LogP contribution >= 0.6 is 39.0 Å². The Morgan fingerprint density at radius 3 is 2.81 bits per heavy atom. The molecule has 0 saturated carbocycles. The van der Waals surface area contributed by atoms with Crippen LogP contribution in [-0.4, -0.2) is 21.4 Å². The van der Waals surface area contributed by atoms with Crippen LogP contribution in [-0.2, 0) is 4.79 Å². The maximum atomic E-state index is 13.6. The van der Waals surface area contributed by atoms with Crippen LogP contribution in [0, 0.1) is 5.82 Å². The summed E-state index contributed by atoms with van der Waals surface area (Å²) >= 11 is 6.04. The van der Waals surface area contributed by atoms with Crippen molar-refractivity contribution in [1.29, 1.82) is 0 Å². The predicted octanol–water partition coefficient (Wildman–Crippen LogP) is 5.30. The van der Waals surface area contributed by atoms with Gasteiger partial charge in [-0.25, -0.2) is 4.39 Å². The highest BCUT2D eigenvalue weighted by Crippen LogP contribution is 2.31. The van der Waals surface area contributed by atoms with Crippen LogP contribution in [0.25, 0.3) is 0 Å². The fourth-order valence-corrected chi connectivity index (χ4v) is 4.31. The Morgan fingerprint density at radius 1 is 1.23 bits per heavy atom. The van der Waals surface area contributed by atoms with E-state index in [9.17, 15) is 9.18 Å². The van der Waals surface area contributed by atoms with Gasteiger partial charge in [0.1, 0.15) is 5.82 Å². The third-order valence-electron chi connectivity index (χ3n) is 3.26. The first-order valence-corrected chi connectivity index (χ1v) is 10.1. The first-order chi connectivity index (χ1) is 12.5. The number of thioether (sulfide) groups is 1. The molecule has 0 aliphatic carbocycles. The number of aromatic nitrogens is 2. The molecule has 1 unspecified atom stereocenters. The summed E-state index contributed by atoms with van der Waals surface area (Å²) in [6, 6.07) is 13.8. The van der Waals surface area contributed by atoms with E-state index in [1.165, 1.54) is 35.2 Å². The van der Waals surface area contributed by atoms with Crippen molar-refractivity contribution in [3.63, 3.8) is 0 Å². The van der Waals surface area contributed by atoms with E-state index in [2.05, 4.69) is 36.8 Å². The molecule has 9 heteroatoms. The van der Waals surface area contributed by atoms with Gasteiger partial charge in [0.05, 0.1) is 10.9 Å². The Labute approximate surface area is 166 Å². The number of amides is 1. The second-order valence-electron chi connectivity index (χ2n) is 5.24. The van der Waals surface area contributed by atoms with Crippen molar-refractivity contribution in [2.24, 2.45) is 0 Å². The summed E-state index contributed by atoms with van der Waals surface area (Å²) in [6.07, 6.45) is 0. The Morgan fingerprint density at radius 2 is 2.04 bits per heavy atom. The number of nitrogens with zero attached hydrogens (tertiary/aromatic N) is 2. The molecule has 3 rings (SSSR count). The normalized spacial score (nSPS) is 11.8. The molecule has 1 heterocycles. The summed E-state index contributed by atoms with van der Waals surface area (Å²) in [6.45, 7) is 1.74. The quantitative estimate of drug-likeness (QED) is 0.496. The Balaban J connectivity index is 1.59. The third kappa shape index (κ3) is 5.03. The Bertz CT molecular complexity index is 921. The molecule has 0 bridgehead atoms. The van der Waals surface area contributed by atoms with Crippen LogP contribution in [0.5, 0.6) is 0 Å². The maximum Gasteiger partial charge on any atom is 0.237 e. The van der Waals surface area contributed by atoms with E-state index < -0.39 is 11.1 Å². The largest absolute Gasteiger partial charge is 0.330 e. The van der Waals surface area contributed by atoms with Crippen molar-refractivity contribution in [2.45, 2.75) is 16.5 Å². The number of hydrogen-bond acceptors (Lipinski definition) is 6. The number of nitrogens with one attached hydrogen (secondary N) is 2. The second-order valence-corrected chi connectivity index (χ2v) is 8.72. The van der Waals surface area contributed by atoms with Crippen molar-refractivity contribution in [3.8, 4) is 0 Å². The summed E-state index contributed by atoms with van der Waals surface area (Å²) in [5.74, 6) is -0.758. The van der Waals surface area contributed by atoms with E-state index >= 15 is 0 Å². The number of carbonyl (C=O) groups is 1. The lowest BCUT2D eigenvalue weighted by Crippen LogP contribution is -2.22. The van der Waals surface area contributed by atoms with Gasteiger partial charge in [-0.2, -0.15) is 0 Å². The van der Waals surface area contributed by atoms with E-state index in [1.54, 1.807) is 19.1 Å². The molecule has 2 N–H and O–H groups in total. The molecule has 1 aromatic heterocycles. The number of rotatable bonds is 6. The van der Waals surface area contributed by atoms with Gasteiger partial charge in [-0.1, -0.05) is 57.2 Å². The van der Waals surface area contributed by atoms with Gasteiger partial charge < -0.3 is 10.6 Å². The van der Waals surface area contributed by atoms with Crippen molar-refractivity contribution in [2.75, 3.05) is 10.6 Å². The zero-order chi connectivity index (χ0) is 18.5.